The molecule has 14 heavy (non-hydrogen) atoms. The number of hydrogen-bond donors (Lipinski definition) is 1. The largest absolute Gasteiger partial charge is 0.326 e. The number of carbonyl (C=O) groups excluding carboxylic acids is 1. The van der Waals surface area contributed by atoms with Crippen LogP contribution in [0.5, 0.6) is 0 Å². The Morgan fingerprint density at radius 2 is 2.00 bits per heavy atom. The van der Waals surface area contributed by atoms with Crippen molar-refractivity contribution in [3.8, 4) is 0 Å². The number of rotatable bonds is 1. The molecular weight excluding hydrogens is 200 g/mol. The predicted molar refractivity (Wildman–Crippen MR) is 56.4 cm³/mol. The average molecular weight is 211 g/mol. The first-order valence-corrected chi connectivity index (χ1v) is 4.86. The molecule has 0 spiro atoms. The zero-order valence-corrected chi connectivity index (χ0v) is 8.37. The van der Waals surface area contributed by atoms with Gasteiger partial charge >= 0.3 is 0 Å². The summed E-state index contributed by atoms with van der Waals surface area (Å²) >= 11 is 5.76. The number of nitrogens with zero attached hydrogens (tertiary/aromatic N) is 1. The Hall–Kier alpha value is -1.06. The Kier molecular flexibility index (Phi) is 2.44. The van der Waals surface area contributed by atoms with Gasteiger partial charge in [-0.3, -0.25) is 4.79 Å². The zero-order chi connectivity index (χ0) is 10.1. The minimum absolute atomic E-state index is 0.0434. The van der Waals surface area contributed by atoms with Crippen molar-refractivity contribution in [3.63, 3.8) is 0 Å². The maximum Gasteiger partial charge on any atom is 0.228 e. The molecule has 0 aliphatic carbocycles. The summed E-state index contributed by atoms with van der Waals surface area (Å²) in [7, 11) is 0. The number of amides is 1. The standard InChI is InChI=1S/C10H11ClN2O/c11-7-1-3-9(4-2-7)13-6-8(12)5-10(13)14/h1-4,8H,5-6,12H2/t8-/m0/s1. The second kappa shape index (κ2) is 3.59. The van der Waals surface area contributed by atoms with E-state index in [0.29, 0.717) is 18.0 Å². The van der Waals surface area contributed by atoms with Crippen molar-refractivity contribution in [2.24, 2.45) is 5.73 Å². The van der Waals surface area contributed by atoms with E-state index >= 15 is 0 Å². The van der Waals surface area contributed by atoms with Crippen LogP contribution in [0.25, 0.3) is 0 Å². The highest BCUT2D eigenvalue weighted by Crippen LogP contribution is 2.22. The normalized spacial score (nSPS) is 21.7. The van der Waals surface area contributed by atoms with Crippen LogP contribution in [0.1, 0.15) is 6.42 Å². The number of nitrogens with two attached hydrogens (primary N) is 1. The quantitative estimate of drug-likeness (QED) is 0.762. The molecule has 1 aliphatic rings. The van der Waals surface area contributed by atoms with Crippen LogP contribution in [-0.2, 0) is 4.79 Å². The lowest BCUT2D eigenvalue weighted by molar-refractivity contribution is -0.117. The monoisotopic (exact) mass is 210 g/mol. The molecule has 0 aromatic heterocycles. The molecule has 1 saturated heterocycles. The molecule has 4 heteroatoms. The van der Waals surface area contributed by atoms with E-state index in [1.807, 2.05) is 12.1 Å². The van der Waals surface area contributed by atoms with Gasteiger partial charge in [0.05, 0.1) is 0 Å². The topological polar surface area (TPSA) is 46.3 Å². The van der Waals surface area contributed by atoms with Gasteiger partial charge in [-0.05, 0) is 24.3 Å². The molecule has 0 bridgehead atoms. The minimum Gasteiger partial charge on any atom is -0.326 e. The molecule has 1 amide bonds. The molecule has 1 aliphatic heterocycles. The third kappa shape index (κ3) is 1.74. The van der Waals surface area contributed by atoms with Gasteiger partial charge < -0.3 is 10.6 Å². The van der Waals surface area contributed by atoms with E-state index in [9.17, 15) is 4.79 Å². The van der Waals surface area contributed by atoms with Crippen molar-refractivity contribution < 1.29 is 4.79 Å². The highest BCUT2D eigenvalue weighted by atomic mass is 35.5. The van der Waals surface area contributed by atoms with E-state index in [4.69, 9.17) is 17.3 Å². The first kappa shape index (κ1) is 9.49. The number of anilines is 1. The Morgan fingerprint density at radius 3 is 2.50 bits per heavy atom. The summed E-state index contributed by atoms with van der Waals surface area (Å²) in [5.41, 5.74) is 6.56. The minimum atomic E-state index is -0.0434. The van der Waals surface area contributed by atoms with Crippen LogP contribution >= 0.6 is 11.6 Å². The lowest BCUT2D eigenvalue weighted by atomic mass is 10.3. The van der Waals surface area contributed by atoms with Gasteiger partial charge in [0.1, 0.15) is 0 Å². The fourth-order valence-electron chi connectivity index (χ4n) is 1.61. The van der Waals surface area contributed by atoms with Gasteiger partial charge in [-0.2, -0.15) is 0 Å². The van der Waals surface area contributed by atoms with Gasteiger partial charge in [0.2, 0.25) is 5.91 Å². The van der Waals surface area contributed by atoms with Crippen LogP contribution in [0, 0.1) is 0 Å². The highest BCUT2D eigenvalue weighted by molar-refractivity contribution is 6.30. The van der Waals surface area contributed by atoms with Gasteiger partial charge in [0.25, 0.3) is 0 Å². The van der Waals surface area contributed by atoms with Gasteiger partial charge in [0.15, 0.2) is 0 Å². The second-order valence-corrected chi connectivity index (χ2v) is 3.88. The Labute approximate surface area is 87.4 Å². The number of benzene rings is 1. The van der Waals surface area contributed by atoms with Crippen molar-refractivity contribution in [2.75, 3.05) is 11.4 Å². The molecule has 2 rings (SSSR count). The summed E-state index contributed by atoms with van der Waals surface area (Å²) in [6.45, 7) is 0.598. The number of halogens is 1. The summed E-state index contributed by atoms with van der Waals surface area (Å²) in [4.78, 5) is 13.2. The van der Waals surface area contributed by atoms with E-state index < -0.39 is 0 Å². The van der Waals surface area contributed by atoms with E-state index in [1.54, 1.807) is 17.0 Å². The van der Waals surface area contributed by atoms with Gasteiger partial charge in [-0.1, -0.05) is 11.6 Å². The molecule has 1 aromatic rings. The molecule has 1 atom stereocenters. The second-order valence-electron chi connectivity index (χ2n) is 3.44. The van der Waals surface area contributed by atoms with Crippen LogP contribution in [-0.4, -0.2) is 18.5 Å². The van der Waals surface area contributed by atoms with E-state index in [1.165, 1.54) is 0 Å². The molecule has 0 radical (unpaired) electrons. The Balaban J connectivity index is 2.23. The Morgan fingerprint density at radius 1 is 1.36 bits per heavy atom. The highest BCUT2D eigenvalue weighted by Gasteiger charge is 2.27. The van der Waals surface area contributed by atoms with Crippen LogP contribution in [0.15, 0.2) is 24.3 Å². The molecule has 1 fully saturated rings. The van der Waals surface area contributed by atoms with Crippen molar-refractivity contribution in [1.29, 1.82) is 0 Å². The fraction of sp³-hybridized carbons (Fsp3) is 0.300. The fourth-order valence-corrected chi connectivity index (χ4v) is 1.73. The summed E-state index contributed by atoms with van der Waals surface area (Å²) in [5.74, 6) is 0.0832. The molecule has 1 heterocycles. The van der Waals surface area contributed by atoms with Crippen molar-refractivity contribution in [3.05, 3.63) is 29.3 Å². The Bertz CT molecular complexity index is 350. The van der Waals surface area contributed by atoms with Gasteiger partial charge in [-0.15, -0.1) is 0 Å². The maximum atomic E-state index is 11.5. The smallest absolute Gasteiger partial charge is 0.228 e. The third-order valence-electron chi connectivity index (χ3n) is 2.29. The molecule has 0 saturated carbocycles. The molecule has 74 valence electrons. The summed E-state index contributed by atoms with van der Waals surface area (Å²) in [6, 6.07) is 7.16. The zero-order valence-electron chi connectivity index (χ0n) is 7.61. The van der Waals surface area contributed by atoms with E-state index in [2.05, 4.69) is 0 Å². The first-order chi connectivity index (χ1) is 6.66. The molecular formula is C10H11ClN2O. The molecule has 0 unspecified atom stereocenters. The van der Waals surface area contributed by atoms with Crippen molar-refractivity contribution in [2.45, 2.75) is 12.5 Å². The lowest BCUT2D eigenvalue weighted by Crippen LogP contribution is -2.27. The van der Waals surface area contributed by atoms with Gasteiger partial charge in [0, 0.05) is 29.7 Å². The number of carbonyl (C=O) groups is 1. The average Bonchev–Trinajstić information content (AvgIpc) is 2.47. The van der Waals surface area contributed by atoms with Gasteiger partial charge in [-0.25, -0.2) is 0 Å². The molecule has 1 aromatic carbocycles. The van der Waals surface area contributed by atoms with Crippen LogP contribution in [0.3, 0.4) is 0 Å². The van der Waals surface area contributed by atoms with Crippen molar-refractivity contribution >= 4 is 23.2 Å². The number of hydrogen-bond acceptors (Lipinski definition) is 2. The summed E-state index contributed by atoms with van der Waals surface area (Å²) < 4.78 is 0. The van der Waals surface area contributed by atoms with Crippen LogP contribution < -0.4 is 10.6 Å². The SMILES string of the molecule is N[C@H]1CC(=O)N(c2ccc(Cl)cc2)C1. The summed E-state index contributed by atoms with van der Waals surface area (Å²) in [6.07, 6.45) is 0.433. The van der Waals surface area contributed by atoms with E-state index in [-0.39, 0.29) is 11.9 Å². The molecule has 3 nitrogen and oxygen atoms in total. The first-order valence-electron chi connectivity index (χ1n) is 4.48. The third-order valence-corrected chi connectivity index (χ3v) is 2.55. The van der Waals surface area contributed by atoms with Crippen molar-refractivity contribution in [1.82, 2.24) is 0 Å². The maximum absolute atomic E-state index is 11.5. The predicted octanol–water partition coefficient (Wildman–Crippen LogP) is 1.40. The van der Waals surface area contributed by atoms with E-state index in [0.717, 1.165) is 5.69 Å². The lowest BCUT2D eigenvalue weighted by Gasteiger charge is -2.15. The summed E-state index contributed by atoms with van der Waals surface area (Å²) in [5, 5.41) is 0.671. The van der Waals surface area contributed by atoms with Crippen LogP contribution in [0.4, 0.5) is 5.69 Å². The van der Waals surface area contributed by atoms with Crippen LogP contribution in [0.2, 0.25) is 5.02 Å². The molecule has 2 N–H and O–H groups in total.